The van der Waals surface area contributed by atoms with Gasteiger partial charge in [-0.05, 0) is 54.5 Å². The average molecular weight is 273 g/mol. The molecule has 1 aliphatic carbocycles. The van der Waals surface area contributed by atoms with E-state index in [-0.39, 0.29) is 5.82 Å². The number of para-hydroxylation sites is 1. The molecule has 1 aliphatic rings. The third kappa shape index (κ3) is 2.47. The van der Waals surface area contributed by atoms with Crippen LogP contribution in [0.15, 0.2) is 47.4 Å². The topological polar surface area (TPSA) is 12.0 Å². The normalized spacial score (nSPS) is 17.3. The zero-order valence-electron chi connectivity index (χ0n) is 10.8. The molecule has 2 aromatic carbocycles. The van der Waals surface area contributed by atoms with E-state index < -0.39 is 0 Å². The van der Waals surface area contributed by atoms with Crippen LogP contribution < -0.4 is 5.32 Å². The Morgan fingerprint density at radius 3 is 2.89 bits per heavy atom. The van der Waals surface area contributed by atoms with E-state index in [4.69, 9.17) is 0 Å². The van der Waals surface area contributed by atoms with Crippen LogP contribution in [0.25, 0.3) is 0 Å². The quantitative estimate of drug-likeness (QED) is 0.817. The molecular weight excluding hydrogens is 257 g/mol. The maximum atomic E-state index is 13.2. The molecule has 1 unspecified atom stereocenters. The molecule has 1 N–H and O–H groups in total. The van der Waals surface area contributed by atoms with Crippen molar-refractivity contribution in [3.63, 3.8) is 0 Å². The van der Waals surface area contributed by atoms with Crippen molar-refractivity contribution >= 4 is 17.4 Å². The fraction of sp³-hybridized carbons (Fsp3) is 0.250. The molecule has 2 aromatic rings. The van der Waals surface area contributed by atoms with Crippen LogP contribution in [-0.4, -0.2) is 6.26 Å². The summed E-state index contributed by atoms with van der Waals surface area (Å²) in [6.45, 7) is 0. The minimum absolute atomic E-state index is 0.135. The molecule has 3 rings (SSSR count). The molecule has 0 bridgehead atoms. The number of benzene rings is 2. The molecule has 1 nitrogen and oxygen atoms in total. The highest BCUT2D eigenvalue weighted by Gasteiger charge is 2.23. The highest BCUT2D eigenvalue weighted by atomic mass is 32.2. The van der Waals surface area contributed by atoms with Crippen LogP contribution in [0.4, 0.5) is 10.1 Å². The highest BCUT2D eigenvalue weighted by Crippen LogP contribution is 2.36. The molecule has 0 amide bonds. The maximum absolute atomic E-state index is 13.2. The summed E-state index contributed by atoms with van der Waals surface area (Å²) in [6, 6.07) is 13.7. The number of anilines is 1. The number of rotatable bonds is 3. The van der Waals surface area contributed by atoms with Crippen LogP contribution in [0.3, 0.4) is 0 Å². The van der Waals surface area contributed by atoms with Gasteiger partial charge in [-0.15, -0.1) is 11.8 Å². The van der Waals surface area contributed by atoms with Gasteiger partial charge in [0.15, 0.2) is 0 Å². The Morgan fingerprint density at radius 2 is 2.05 bits per heavy atom. The van der Waals surface area contributed by atoms with Gasteiger partial charge in [0.2, 0.25) is 0 Å². The largest absolute Gasteiger partial charge is 0.377 e. The molecule has 0 fully saturated rings. The van der Waals surface area contributed by atoms with Crippen LogP contribution >= 0.6 is 11.8 Å². The second-order valence-electron chi connectivity index (χ2n) is 4.78. The van der Waals surface area contributed by atoms with Gasteiger partial charge in [0.1, 0.15) is 5.82 Å². The van der Waals surface area contributed by atoms with Gasteiger partial charge in [-0.25, -0.2) is 4.39 Å². The van der Waals surface area contributed by atoms with Crippen molar-refractivity contribution in [2.24, 2.45) is 0 Å². The average Bonchev–Trinajstić information content (AvgIpc) is 2.82. The molecular formula is C16H16FNS. The first-order chi connectivity index (χ1) is 9.28. The minimum Gasteiger partial charge on any atom is -0.377 e. The van der Waals surface area contributed by atoms with Crippen molar-refractivity contribution in [2.45, 2.75) is 23.8 Å². The van der Waals surface area contributed by atoms with Crippen molar-refractivity contribution in [1.29, 1.82) is 0 Å². The van der Waals surface area contributed by atoms with Gasteiger partial charge in [-0.3, -0.25) is 0 Å². The van der Waals surface area contributed by atoms with E-state index in [0.717, 1.165) is 24.1 Å². The van der Waals surface area contributed by atoms with E-state index in [0.29, 0.717) is 6.04 Å². The van der Waals surface area contributed by atoms with Gasteiger partial charge in [0, 0.05) is 10.6 Å². The smallest absolute Gasteiger partial charge is 0.123 e. The van der Waals surface area contributed by atoms with E-state index in [2.05, 4.69) is 29.8 Å². The predicted molar refractivity (Wildman–Crippen MR) is 79.3 cm³/mol. The molecule has 1 atom stereocenters. The maximum Gasteiger partial charge on any atom is 0.123 e. The number of halogens is 1. The molecule has 19 heavy (non-hydrogen) atoms. The lowest BCUT2D eigenvalue weighted by Crippen LogP contribution is -2.07. The number of aryl methyl sites for hydroxylation is 1. The molecule has 0 radical (unpaired) electrons. The fourth-order valence-electron chi connectivity index (χ4n) is 2.69. The van der Waals surface area contributed by atoms with Gasteiger partial charge in [0.05, 0.1) is 6.04 Å². The van der Waals surface area contributed by atoms with Crippen LogP contribution in [0.1, 0.15) is 23.6 Å². The molecule has 0 saturated carbocycles. The molecule has 0 saturated heterocycles. The summed E-state index contributed by atoms with van der Waals surface area (Å²) in [5.74, 6) is -0.135. The van der Waals surface area contributed by atoms with Crippen LogP contribution in [0.2, 0.25) is 0 Å². The van der Waals surface area contributed by atoms with Crippen LogP contribution in [0.5, 0.6) is 0 Å². The number of nitrogens with one attached hydrogen (secondary N) is 1. The lowest BCUT2D eigenvalue weighted by atomic mass is 10.1. The zero-order chi connectivity index (χ0) is 13.2. The SMILES string of the molecule is CSc1ccccc1NC1CCc2cc(F)ccc21. The van der Waals surface area contributed by atoms with E-state index in [9.17, 15) is 4.39 Å². The number of thioether (sulfide) groups is 1. The summed E-state index contributed by atoms with van der Waals surface area (Å²) in [5.41, 5.74) is 3.54. The van der Waals surface area contributed by atoms with Gasteiger partial charge in [-0.1, -0.05) is 18.2 Å². The van der Waals surface area contributed by atoms with E-state index >= 15 is 0 Å². The third-order valence-electron chi connectivity index (χ3n) is 3.62. The first kappa shape index (κ1) is 12.5. The summed E-state index contributed by atoms with van der Waals surface area (Å²) < 4.78 is 13.2. The van der Waals surface area contributed by atoms with Crippen molar-refractivity contribution in [3.8, 4) is 0 Å². The number of fused-ring (bicyclic) bond motifs is 1. The Kier molecular flexibility index (Phi) is 3.47. The van der Waals surface area contributed by atoms with Crippen molar-refractivity contribution in [1.82, 2.24) is 0 Å². The fourth-order valence-corrected chi connectivity index (χ4v) is 3.25. The summed E-state index contributed by atoms with van der Waals surface area (Å²) in [6.07, 6.45) is 4.06. The summed E-state index contributed by atoms with van der Waals surface area (Å²) in [7, 11) is 0. The number of hydrogen-bond donors (Lipinski definition) is 1. The minimum atomic E-state index is -0.135. The summed E-state index contributed by atoms with van der Waals surface area (Å²) >= 11 is 1.74. The second kappa shape index (κ2) is 5.25. The number of hydrogen-bond acceptors (Lipinski definition) is 2. The van der Waals surface area contributed by atoms with Crippen molar-refractivity contribution < 1.29 is 4.39 Å². The van der Waals surface area contributed by atoms with E-state index in [1.165, 1.54) is 10.5 Å². The lowest BCUT2D eigenvalue weighted by Gasteiger charge is -2.17. The van der Waals surface area contributed by atoms with Crippen LogP contribution in [0, 0.1) is 5.82 Å². The lowest BCUT2D eigenvalue weighted by molar-refractivity contribution is 0.626. The monoisotopic (exact) mass is 273 g/mol. The second-order valence-corrected chi connectivity index (χ2v) is 5.63. The summed E-state index contributed by atoms with van der Waals surface area (Å²) in [4.78, 5) is 1.25. The molecule has 0 aromatic heterocycles. The van der Waals surface area contributed by atoms with Crippen molar-refractivity contribution in [2.75, 3.05) is 11.6 Å². The first-order valence-electron chi connectivity index (χ1n) is 6.46. The Bertz CT molecular complexity index is 597. The van der Waals surface area contributed by atoms with Crippen LogP contribution in [-0.2, 0) is 6.42 Å². The van der Waals surface area contributed by atoms with E-state index in [1.807, 2.05) is 12.1 Å². The molecule has 98 valence electrons. The van der Waals surface area contributed by atoms with Gasteiger partial charge in [0.25, 0.3) is 0 Å². The Morgan fingerprint density at radius 1 is 1.21 bits per heavy atom. The summed E-state index contributed by atoms with van der Waals surface area (Å²) in [5, 5.41) is 3.59. The molecule has 0 spiro atoms. The molecule has 3 heteroatoms. The third-order valence-corrected chi connectivity index (χ3v) is 4.42. The van der Waals surface area contributed by atoms with Gasteiger partial charge >= 0.3 is 0 Å². The van der Waals surface area contributed by atoms with E-state index in [1.54, 1.807) is 23.9 Å². The predicted octanol–water partition coefficient (Wildman–Crippen LogP) is 4.65. The zero-order valence-corrected chi connectivity index (χ0v) is 11.6. The molecule has 0 aliphatic heterocycles. The standard InChI is InChI=1S/C16H16FNS/c1-19-16-5-3-2-4-15(16)18-14-9-6-11-10-12(17)7-8-13(11)14/h2-5,7-8,10,14,18H,6,9H2,1H3. The highest BCUT2D eigenvalue weighted by molar-refractivity contribution is 7.98. The van der Waals surface area contributed by atoms with Crippen molar-refractivity contribution in [3.05, 3.63) is 59.4 Å². The first-order valence-corrected chi connectivity index (χ1v) is 7.68. The van der Waals surface area contributed by atoms with Gasteiger partial charge in [-0.2, -0.15) is 0 Å². The Balaban J connectivity index is 1.87. The van der Waals surface area contributed by atoms with Gasteiger partial charge < -0.3 is 5.32 Å². The Hall–Kier alpha value is -1.48. The molecule has 0 heterocycles. The Labute approximate surface area is 117 Å².